The molecule has 2 nitrogen and oxygen atoms in total. The van der Waals surface area contributed by atoms with Crippen molar-refractivity contribution in [1.29, 1.82) is 10.5 Å². The Kier molecular flexibility index (Phi) is 4.07. The first kappa shape index (κ1) is 11.8. The molecule has 0 fully saturated rings. The van der Waals surface area contributed by atoms with Crippen LogP contribution >= 0.6 is 0 Å². The molecule has 16 heavy (non-hydrogen) atoms. The quantitative estimate of drug-likeness (QED) is 0.746. The average molecular weight is 208 g/mol. The van der Waals surface area contributed by atoms with E-state index in [9.17, 15) is 0 Å². The number of hydrogen-bond acceptors (Lipinski definition) is 2. The molecule has 0 radical (unpaired) electrons. The van der Waals surface area contributed by atoms with Crippen molar-refractivity contribution in [2.75, 3.05) is 0 Å². The van der Waals surface area contributed by atoms with Crippen LogP contribution < -0.4 is 0 Å². The lowest BCUT2D eigenvalue weighted by Crippen LogP contribution is -1.89. The van der Waals surface area contributed by atoms with Gasteiger partial charge in [-0.3, -0.25) is 0 Å². The van der Waals surface area contributed by atoms with Gasteiger partial charge in [-0.2, -0.15) is 10.5 Å². The van der Waals surface area contributed by atoms with E-state index in [0.717, 1.165) is 11.1 Å². The van der Waals surface area contributed by atoms with Crippen LogP contribution in [0, 0.1) is 22.7 Å². The molecule has 0 heterocycles. The van der Waals surface area contributed by atoms with Gasteiger partial charge in [0, 0.05) is 0 Å². The summed E-state index contributed by atoms with van der Waals surface area (Å²) in [6, 6.07) is 7.76. The Hall–Kier alpha value is -2.32. The molecule has 0 aliphatic carbocycles. The predicted molar refractivity (Wildman–Crippen MR) is 65.3 cm³/mol. The standard InChI is InChI=1S/C14H12N2/c1-3-5-11-7-14(10-16)12(6-4-2)8-13(11)9-15/h3-8H,1-2H3. The molecule has 0 saturated heterocycles. The van der Waals surface area contributed by atoms with E-state index in [1.54, 1.807) is 12.1 Å². The van der Waals surface area contributed by atoms with Crippen molar-refractivity contribution >= 4 is 12.2 Å². The normalized spacial score (nSPS) is 10.5. The van der Waals surface area contributed by atoms with Crippen LogP contribution in [0.2, 0.25) is 0 Å². The molecule has 0 aliphatic rings. The molecule has 0 saturated carbocycles. The Bertz CT molecular complexity index is 473. The van der Waals surface area contributed by atoms with Gasteiger partial charge in [0.25, 0.3) is 0 Å². The first-order valence-electron chi connectivity index (χ1n) is 5.00. The second kappa shape index (κ2) is 5.53. The van der Waals surface area contributed by atoms with Gasteiger partial charge in [0.15, 0.2) is 0 Å². The largest absolute Gasteiger partial charge is 0.192 e. The van der Waals surface area contributed by atoms with E-state index >= 15 is 0 Å². The van der Waals surface area contributed by atoms with Gasteiger partial charge in [0.1, 0.15) is 0 Å². The summed E-state index contributed by atoms with van der Waals surface area (Å²) >= 11 is 0. The first-order chi connectivity index (χ1) is 7.76. The molecule has 0 bridgehead atoms. The second-order valence-electron chi connectivity index (χ2n) is 3.25. The minimum atomic E-state index is 0.588. The van der Waals surface area contributed by atoms with Gasteiger partial charge in [-0.25, -0.2) is 0 Å². The Morgan fingerprint density at radius 1 is 0.875 bits per heavy atom. The van der Waals surface area contributed by atoms with Gasteiger partial charge >= 0.3 is 0 Å². The van der Waals surface area contributed by atoms with Crippen molar-refractivity contribution in [3.8, 4) is 12.1 Å². The number of benzene rings is 1. The average Bonchev–Trinajstić information content (AvgIpc) is 2.31. The van der Waals surface area contributed by atoms with E-state index < -0.39 is 0 Å². The summed E-state index contributed by atoms with van der Waals surface area (Å²) in [7, 11) is 0. The van der Waals surface area contributed by atoms with E-state index in [1.165, 1.54) is 0 Å². The van der Waals surface area contributed by atoms with Gasteiger partial charge < -0.3 is 0 Å². The Morgan fingerprint density at radius 3 is 1.50 bits per heavy atom. The number of allylic oxidation sites excluding steroid dienone is 2. The Morgan fingerprint density at radius 2 is 1.25 bits per heavy atom. The van der Waals surface area contributed by atoms with Crippen LogP contribution in [-0.4, -0.2) is 0 Å². The molecule has 0 spiro atoms. The van der Waals surface area contributed by atoms with Gasteiger partial charge in [0.2, 0.25) is 0 Å². The third kappa shape index (κ3) is 2.38. The maximum atomic E-state index is 9.01. The molecule has 1 rings (SSSR count). The van der Waals surface area contributed by atoms with Crippen LogP contribution in [0.3, 0.4) is 0 Å². The fourth-order valence-corrected chi connectivity index (χ4v) is 1.46. The van der Waals surface area contributed by atoms with Crippen LogP contribution in [0.4, 0.5) is 0 Å². The zero-order valence-electron chi connectivity index (χ0n) is 9.36. The molecule has 78 valence electrons. The highest BCUT2D eigenvalue weighted by molar-refractivity contribution is 5.68. The molecule has 1 aromatic rings. The van der Waals surface area contributed by atoms with E-state index in [-0.39, 0.29) is 0 Å². The lowest BCUT2D eigenvalue weighted by Gasteiger charge is -2.03. The van der Waals surface area contributed by atoms with Crippen molar-refractivity contribution in [3.63, 3.8) is 0 Å². The number of rotatable bonds is 2. The summed E-state index contributed by atoms with van der Waals surface area (Å²) < 4.78 is 0. The predicted octanol–water partition coefficient (Wildman–Crippen LogP) is 3.50. The number of nitrogens with zero attached hydrogens (tertiary/aromatic N) is 2. The van der Waals surface area contributed by atoms with Crippen molar-refractivity contribution in [1.82, 2.24) is 0 Å². The first-order valence-corrected chi connectivity index (χ1v) is 5.00. The summed E-state index contributed by atoms with van der Waals surface area (Å²) in [5.74, 6) is 0. The van der Waals surface area contributed by atoms with Gasteiger partial charge in [-0.05, 0) is 37.1 Å². The topological polar surface area (TPSA) is 47.6 Å². The molecule has 0 N–H and O–H groups in total. The number of hydrogen-bond donors (Lipinski definition) is 0. The minimum Gasteiger partial charge on any atom is -0.192 e. The van der Waals surface area contributed by atoms with Crippen molar-refractivity contribution in [3.05, 3.63) is 46.5 Å². The molecule has 0 aromatic heterocycles. The summed E-state index contributed by atoms with van der Waals surface area (Å²) in [4.78, 5) is 0. The third-order valence-electron chi connectivity index (χ3n) is 2.16. The molecule has 1 aromatic carbocycles. The summed E-state index contributed by atoms with van der Waals surface area (Å²) in [5.41, 5.74) is 2.75. The summed E-state index contributed by atoms with van der Waals surface area (Å²) in [6.45, 7) is 3.76. The van der Waals surface area contributed by atoms with E-state index in [4.69, 9.17) is 10.5 Å². The summed E-state index contributed by atoms with van der Waals surface area (Å²) in [5, 5.41) is 18.0. The molecule has 2 heteroatoms. The molecule has 0 unspecified atom stereocenters. The number of nitriles is 2. The molecule has 0 atom stereocenters. The van der Waals surface area contributed by atoms with Gasteiger partial charge in [-0.15, -0.1) is 0 Å². The SMILES string of the molecule is CC=Cc1cc(C#N)c(C=CC)cc1C#N. The fraction of sp³-hybridized carbons (Fsp3) is 0.143. The van der Waals surface area contributed by atoms with Crippen LogP contribution in [0.25, 0.3) is 12.2 Å². The van der Waals surface area contributed by atoms with Gasteiger partial charge in [-0.1, -0.05) is 24.3 Å². The van der Waals surface area contributed by atoms with Crippen LogP contribution in [0.1, 0.15) is 36.1 Å². The molecular weight excluding hydrogens is 196 g/mol. The highest BCUT2D eigenvalue weighted by atomic mass is 14.3. The van der Waals surface area contributed by atoms with Crippen LogP contribution in [0.15, 0.2) is 24.3 Å². The third-order valence-corrected chi connectivity index (χ3v) is 2.16. The maximum Gasteiger partial charge on any atom is 0.0998 e. The highest BCUT2D eigenvalue weighted by Crippen LogP contribution is 2.19. The lowest BCUT2D eigenvalue weighted by atomic mass is 9.99. The van der Waals surface area contributed by atoms with E-state index in [2.05, 4.69) is 12.1 Å². The Balaban J connectivity index is 3.48. The van der Waals surface area contributed by atoms with Gasteiger partial charge in [0.05, 0.1) is 23.3 Å². The highest BCUT2D eigenvalue weighted by Gasteiger charge is 2.05. The maximum absolute atomic E-state index is 9.01. The zero-order valence-corrected chi connectivity index (χ0v) is 9.36. The smallest absolute Gasteiger partial charge is 0.0998 e. The zero-order chi connectivity index (χ0) is 12.0. The van der Waals surface area contributed by atoms with E-state index in [0.29, 0.717) is 11.1 Å². The Labute approximate surface area is 95.8 Å². The lowest BCUT2D eigenvalue weighted by molar-refractivity contribution is 1.42. The molecule has 0 aliphatic heterocycles. The van der Waals surface area contributed by atoms with Crippen molar-refractivity contribution in [2.45, 2.75) is 13.8 Å². The minimum absolute atomic E-state index is 0.588. The molecule has 0 amide bonds. The summed E-state index contributed by atoms with van der Waals surface area (Å²) in [6.07, 6.45) is 7.37. The fourth-order valence-electron chi connectivity index (χ4n) is 1.46. The second-order valence-corrected chi connectivity index (χ2v) is 3.25. The van der Waals surface area contributed by atoms with Crippen LogP contribution in [0.5, 0.6) is 0 Å². The van der Waals surface area contributed by atoms with Crippen molar-refractivity contribution < 1.29 is 0 Å². The van der Waals surface area contributed by atoms with Crippen LogP contribution in [-0.2, 0) is 0 Å². The van der Waals surface area contributed by atoms with E-state index in [1.807, 2.05) is 38.2 Å². The molecular formula is C14H12N2. The van der Waals surface area contributed by atoms with Crippen molar-refractivity contribution in [2.24, 2.45) is 0 Å². The monoisotopic (exact) mass is 208 g/mol.